The lowest BCUT2D eigenvalue weighted by molar-refractivity contribution is -0.118. The third-order valence-corrected chi connectivity index (χ3v) is 5.51. The van der Waals surface area contributed by atoms with Crippen LogP contribution < -0.4 is 11.1 Å². The first-order valence-electron chi connectivity index (χ1n) is 6.69. The minimum atomic E-state index is -3.63. The van der Waals surface area contributed by atoms with Gasteiger partial charge in [-0.25, -0.2) is 0 Å². The highest BCUT2D eigenvalue weighted by atomic mass is 32.2. The standard InChI is InChI=1S/C11H24N4O3S/c1-3-14(4-2)19(17,18)15(9-11(12)16)10-6-5-7-13-8-10/h10,13H,3-9H2,1-2H3,(H2,12,16). The van der Waals surface area contributed by atoms with E-state index in [0.717, 1.165) is 19.4 Å². The van der Waals surface area contributed by atoms with Crippen molar-refractivity contribution >= 4 is 16.1 Å². The van der Waals surface area contributed by atoms with Crippen LogP contribution in [0.1, 0.15) is 26.7 Å². The van der Waals surface area contributed by atoms with Crippen LogP contribution >= 0.6 is 0 Å². The second-order valence-electron chi connectivity index (χ2n) is 4.60. The van der Waals surface area contributed by atoms with E-state index >= 15 is 0 Å². The minimum absolute atomic E-state index is 0.202. The summed E-state index contributed by atoms with van der Waals surface area (Å²) >= 11 is 0. The molecule has 1 atom stereocenters. The Morgan fingerprint density at radius 3 is 2.42 bits per heavy atom. The Hall–Kier alpha value is -0.700. The number of carbonyl (C=O) groups is 1. The topological polar surface area (TPSA) is 95.7 Å². The molecule has 19 heavy (non-hydrogen) atoms. The number of piperidine rings is 1. The van der Waals surface area contributed by atoms with E-state index in [4.69, 9.17) is 5.73 Å². The van der Waals surface area contributed by atoms with Crippen molar-refractivity contribution in [3.8, 4) is 0 Å². The van der Waals surface area contributed by atoms with Gasteiger partial charge in [-0.15, -0.1) is 0 Å². The predicted octanol–water partition coefficient (Wildman–Crippen LogP) is -0.888. The van der Waals surface area contributed by atoms with Crippen LogP contribution in [0.2, 0.25) is 0 Å². The third kappa shape index (κ3) is 4.13. The normalized spacial score (nSPS) is 20.9. The Balaban J connectivity index is 2.97. The Morgan fingerprint density at radius 2 is 2.00 bits per heavy atom. The summed E-state index contributed by atoms with van der Waals surface area (Å²) in [6, 6.07) is -0.202. The maximum Gasteiger partial charge on any atom is 0.282 e. The Bertz CT molecular complexity index is 389. The molecule has 0 spiro atoms. The highest BCUT2D eigenvalue weighted by Crippen LogP contribution is 2.17. The van der Waals surface area contributed by atoms with E-state index in [1.165, 1.54) is 8.61 Å². The van der Waals surface area contributed by atoms with Gasteiger partial charge in [-0.3, -0.25) is 4.79 Å². The zero-order valence-electron chi connectivity index (χ0n) is 11.6. The molecule has 1 fully saturated rings. The summed E-state index contributed by atoms with van der Waals surface area (Å²) in [5.74, 6) is -0.624. The summed E-state index contributed by atoms with van der Waals surface area (Å²) in [6.07, 6.45) is 1.65. The van der Waals surface area contributed by atoms with Crippen molar-refractivity contribution in [2.45, 2.75) is 32.7 Å². The van der Waals surface area contributed by atoms with Gasteiger partial charge < -0.3 is 11.1 Å². The van der Waals surface area contributed by atoms with E-state index in [0.29, 0.717) is 19.6 Å². The van der Waals surface area contributed by atoms with Crippen LogP contribution in [0, 0.1) is 0 Å². The molecule has 1 amide bonds. The molecular weight excluding hydrogens is 268 g/mol. The van der Waals surface area contributed by atoms with Gasteiger partial charge >= 0.3 is 0 Å². The van der Waals surface area contributed by atoms with E-state index in [1.54, 1.807) is 13.8 Å². The van der Waals surface area contributed by atoms with Crippen molar-refractivity contribution in [1.29, 1.82) is 0 Å². The predicted molar refractivity (Wildman–Crippen MR) is 73.6 cm³/mol. The minimum Gasteiger partial charge on any atom is -0.369 e. The first-order valence-corrected chi connectivity index (χ1v) is 8.09. The summed E-state index contributed by atoms with van der Waals surface area (Å²) in [4.78, 5) is 11.2. The van der Waals surface area contributed by atoms with Crippen molar-refractivity contribution < 1.29 is 13.2 Å². The van der Waals surface area contributed by atoms with E-state index in [9.17, 15) is 13.2 Å². The van der Waals surface area contributed by atoms with E-state index in [1.807, 2.05) is 0 Å². The highest BCUT2D eigenvalue weighted by Gasteiger charge is 2.35. The second kappa shape index (κ2) is 7.18. The molecule has 8 heteroatoms. The first kappa shape index (κ1) is 16.4. The number of nitrogens with one attached hydrogen (secondary N) is 1. The quantitative estimate of drug-likeness (QED) is 0.636. The zero-order valence-corrected chi connectivity index (χ0v) is 12.4. The Morgan fingerprint density at radius 1 is 1.37 bits per heavy atom. The molecule has 1 saturated heterocycles. The molecule has 1 unspecified atom stereocenters. The SMILES string of the molecule is CCN(CC)S(=O)(=O)N(CC(N)=O)C1CCCNC1. The van der Waals surface area contributed by atoms with Gasteiger partial charge in [0.25, 0.3) is 10.2 Å². The van der Waals surface area contributed by atoms with Crippen molar-refractivity contribution in [2.75, 3.05) is 32.7 Å². The fourth-order valence-corrected chi connectivity index (χ4v) is 4.13. The number of nitrogens with two attached hydrogens (primary N) is 1. The molecule has 0 saturated carbocycles. The molecule has 1 rings (SSSR count). The van der Waals surface area contributed by atoms with Gasteiger partial charge in [0.15, 0.2) is 0 Å². The second-order valence-corrected chi connectivity index (χ2v) is 6.48. The summed E-state index contributed by atoms with van der Waals surface area (Å²) in [5, 5.41) is 3.16. The lowest BCUT2D eigenvalue weighted by atomic mass is 10.1. The molecule has 0 bridgehead atoms. The molecule has 1 aliphatic heterocycles. The van der Waals surface area contributed by atoms with E-state index in [-0.39, 0.29) is 12.6 Å². The zero-order chi connectivity index (χ0) is 14.5. The van der Waals surface area contributed by atoms with Crippen molar-refractivity contribution in [1.82, 2.24) is 13.9 Å². The third-order valence-electron chi connectivity index (χ3n) is 3.32. The molecule has 3 N–H and O–H groups in total. The fourth-order valence-electron chi connectivity index (χ4n) is 2.33. The van der Waals surface area contributed by atoms with Gasteiger partial charge in [-0.1, -0.05) is 13.8 Å². The average molecular weight is 292 g/mol. The fraction of sp³-hybridized carbons (Fsp3) is 0.909. The van der Waals surface area contributed by atoms with Gasteiger partial charge in [-0.05, 0) is 19.4 Å². The van der Waals surface area contributed by atoms with Crippen LogP contribution in [0.15, 0.2) is 0 Å². The molecule has 0 aromatic rings. The summed E-state index contributed by atoms with van der Waals surface area (Å²) < 4.78 is 27.7. The number of carbonyl (C=O) groups excluding carboxylic acids is 1. The van der Waals surface area contributed by atoms with Crippen LogP contribution in [0.25, 0.3) is 0 Å². The smallest absolute Gasteiger partial charge is 0.282 e. The molecule has 0 aliphatic carbocycles. The van der Waals surface area contributed by atoms with Crippen LogP contribution in [0.3, 0.4) is 0 Å². The molecule has 1 heterocycles. The van der Waals surface area contributed by atoms with E-state index < -0.39 is 16.1 Å². The van der Waals surface area contributed by atoms with Crippen LogP contribution in [-0.4, -0.2) is 61.7 Å². The molecule has 0 aromatic carbocycles. The number of nitrogens with zero attached hydrogens (tertiary/aromatic N) is 2. The van der Waals surface area contributed by atoms with Crippen molar-refractivity contribution in [3.63, 3.8) is 0 Å². The average Bonchev–Trinajstić information content (AvgIpc) is 2.37. The molecule has 0 aromatic heterocycles. The van der Waals surface area contributed by atoms with Gasteiger partial charge in [0.1, 0.15) is 0 Å². The molecular formula is C11H24N4O3S. The number of rotatable bonds is 7. The van der Waals surface area contributed by atoms with Crippen LogP contribution in [0.4, 0.5) is 0 Å². The van der Waals surface area contributed by atoms with Gasteiger partial charge in [0.2, 0.25) is 5.91 Å². The molecule has 7 nitrogen and oxygen atoms in total. The number of amides is 1. The molecule has 1 aliphatic rings. The van der Waals surface area contributed by atoms with Crippen molar-refractivity contribution in [2.24, 2.45) is 5.73 Å². The number of hydrogen-bond donors (Lipinski definition) is 2. The lowest BCUT2D eigenvalue weighted by Gasteiger charge is -2.35. The Kier molecular flexibility index (Phi) is 6.18. The van der Waals surface area contributed by atoms with Gasteiger partial charge in [0, 0.05) is 25.7 Å². The van der Waals surface area contributed by atoms with Crippen LogP contribution in [-0.2, 0) is 15.0 Å². The number of hydrogen-bond acceptors (Lipinski definition) is 4. The van der Waals surface area contributed by atoms with E-state index in [2.05, 4.69) is 5.32 Å². The van der Waals surface area contributed by atoms with Crippen LogP contribution in [0.5, 0.6) is 0 Å². The summed E-state index contributed by atoms with van der Waals surface area (Å²) in [6.45, 7) is 5.51. The lowest BCUT2D eigenvalue weighted by Crippen LogP contribution is -2.55. The summed E-state index contributed by atoms with van der Waals surface area (Å²) in [7, 11) is -3.63. The maximum absolute atomic E-state index is 12.5. The summed E-state index contributed by atoms with van der Waals surface area (Å²) in [5.41, 5.74) is 5.20. The largest absolute Gasteiger partial charge is 0.369 e. The van der Waals surface area contributed by atoms with Gasteiger partial charge in [-0.2, -0.15) is 17.0 Å². The molecule has 112 valence electrons. The number of primary amides is 1. The van der Waals surface area contributed by atoms with Gasteiger partial charge in [0.05, 0.1) is 6.54 Å². The molecule has 0 radical (unpaired) electrons. The first-order chi connectivity index (χ1) is 8.93. The maximum atomic E-state index is 12.5. The monoisotopic (exact) mass is 292 g/mol. The van der Waals surface area contributed by atoms with Crippen molar-refractivity contribution in [3.05, 3.63) is 0 Å². The Labute approximate surface area is 115 Å². The highest BCUT2D eigenvalue weighted by molar-refractivity contribution is 7.86.